The van der Waals surface area contributed by atoms with Gasteiger partial charge in [-0.2, -0.15) is 5.10 Å². The SMILES string of the molecule is CCC1c2ccsc2CCN1C(=O)c1cc(C)n(-c2ccccc2)n1. The van der Waals surface area contributed by atoms with E-state index in [4.69, 9.17) is 0 Å². The minimum absolute atomic E-state index is 0.0291. The zero-order chi connectivity index (χ0) is 17.4. The fourth-order valence-electron chi connectivity index (χ4n) is 3.64. The topological polar surface area (TPSA) is 38.1 Å². The summed E-state index contributed by atoms with van der Waals surface area (Å²) >= 11 is 1.80. The second-order valence-electron chi connectivity index (χ2n) is 6.39. The van der Waals surface area contributed by atoms with Crippen molar-refractivity contribution in [1.29, 1.82) is 0 Å². The van der Waals surface area contributed by atoms with Crippen LogP contribution in [0.25, 0.3) is 5.69 Å². The molecule has 1 aliphatic rings. The van der Waals surface area contributed by atoms with E-state index < -0.39 is 0 Å². The molecule has 4 rings (SSSR count). The van der Waals surface area contributed by atoms with Gasteiger partial charge in [-0.15, -0.1) is 11.3 Å². The maximum absolute atomic E-state index is 13.2. The molecular weight excluding hydrogens is 330 g/mol. The molecule has 5 heteroatoms. The molecule has 0 spiro atoms. The van der Waals surface area contributed by atoms with Gasteiger partial charge in [0, 0.05) is 17.1 Å². The van der Waals surface area contributed by atoms with E-state index in [1.807, 2.05) is 52.9 Å². The van der Waals surface area contributed by atoms with Gasteiger partial charge in [-0.1, -0.05) is 25.1 Å². The van der Waals surface area contributed by atoms with E-state index in [1.54, 1.807) is 11.3 Å². The van der Waals surface area contributed by atoms with E-state index in [2.05, 4.69) is 23.5 Å². The van der Waals surface area contributed by atoms with E-state index in [1.165, 1.54) is 10.4 Å². The van der Waals surface area contributed by atoms with Crippen molar-refractivity contribution < 1.29 is 4.79 Å². The quantitative estimate of drug-likeness (QED) is 0.702. The highest BCUT2D eigenvalue weighted by Crippen LogP contribution is 2.36. The van der Waals surface area contributed by atoms with Gasteiger partial charge in [0.2, 0.25) is 0 Å². The zero-order valence-corrected chi connectivity index (χ0v) is 15.3. The van der Waals surface area contributed by atoms with Gasteiger partial charge in [0.15, 0.2) is 5.69 Å². The van der Waals surface area contributed by atoms with Crippen molar-refractivity contribution in [3.8, 4) is 5.69 Å². The van der Waals surface area contributed by atoms with Crippen LogP contribution in [0.3, 0.4) is 0 Å². The van der Waals surface area contributed by atoms with Crippen molar-refractivity contribution in [3.05, 3.63) is 69.7 Å². The monoisotopic (exact) mass is 351 g/mol. The lowest BCUT2D eigenvalue weighted by Gasteiger charge is -2.35. The van der Waals surface area contributed by atoms with Crippen LogP contribution in [0.1, 0.15) is 46.0 Å². The zero-order valence-electron chi connectivity index (χ0n) is 14.5. The van der Waals surface area contributed by atoms with E-state index in [9.17, 15) is 4.79 Å². The summed E-state index contributed by atoms with van der Waals surface area (Å²) in [6.07, 6.45) is 1.86. The number of rotatable bonds is 3. The molecule has 1 unspecified atom stereocenters. The number of fused-ring (bicyclic) bond motifs is 1. The predicted octanol–water partition coefficient (Wildman–Crippen LogP) is 4.39. The Bertz CT molecular complexity index is 897. The van der Waals surface area contributed by atoms with Crippen molar-refractivity contribution in [3.63, 3.8) is 0 Å². The van der Waals surface area contributed by atoms with Crippen molar-refractivity contribution >= 4 is 17.2 Å². The maximum Gasteiger partial charge on any atom is 0.274 e. The summed E-state index contributed by atoms with van der Waals surface area (Å²) in [7, 11) is 0. The lowest BCUT2D eigenvalue weighted by molar-refractivity contribution is 0.0651. The number of thiophene rings is 1. The van der Waals surface area contributed by atoms with Crippen molar-refractivity contribution in [1.82, 2.24) is 14.7 Å². The summed E-state index contributed by atoms with van der Waals surface area (Å²) in [6.45, 7) is 4.90. The predicted molar refractivity (Wildman–Crippen MR) is 100 cm³/mol. The Balaban J connectivity index is 1.66. The fraction of sp³-hybridized carbons (Fsp3) is 0.300. The van der Waals surface area contributed by atoms with Gasteiger partial charge >= 0.3 is 0 Å². The Labute approximate surface area is 151 Å². The molecule has 3 aromatic rings. The van der Waals surface area contributed by atoms with Crippen molar-refractivity contribution in [2.75, 3.05) is 6.54 Å². The normalized spacial score (nSPS) is 16.7. The Morgan fingerprint density at radius 1 is 1.28 bits per heavy atom. The molecule has 25 heavy (non-hydrogen) atoms. The Morgan fingerprint density at radius 3 is 2.84 bits per heavy atom. The van der Waals surface area contributed by atoms with E-state index in [0.717, 1.165) is 30.8 Å². The molecule has 4 nitrogen and oxygen atoms in total. The first-order valence-electron chi connectivity index (χ1n) is 8.68. The van der Waals surface area contributed by atoms with Crippen LogP contribution in [0.15, 0.2) is 47.8 Å². The number of amides is 1. The molecule has 1 atom stereocenters. The third-order valence-corrected chi connectivity index (χ3v) is 5.85. The summed E-state index contributed by atoms with van der Waals surface area (Å²) in [6, 6.07) is 14.2. The molecule has 128 valence electrons. The van der Waals surface area contributed by atoms with Crippen LogP contribution in [0.5, 0.6) is 0 Å². The molecule has 2 aromatic heterocycles. The standard InChI is InChI=1S/C20H21N3OS/c1-3-18-16-10-12-25-19(16)9-11-22(18)20(24)17-13-14(2)23(21-17)15-7-5-4-6-8-15/h4-8,10,12-13,18H,3,9,11H2,1-2H3. The summed E-state index contributed by atoms with van der Waals surface area (Å²) in [5.41, 5.74) is 3.78. The number of carbonyl (C=O) groups excluding carboxylic acids is 1. The van der Waals surface area contributed by atoms with Gasteiger partial charge in [-0.25, -0.2) is 4.68 Å². The summed E-state index contributed by atoms with van der Waals surface area (Å²) < 4.78 is 1.84. The van der Waals surface area contributed by atoms with E-state index in [0.29, 0.717) is 5.69 Å². The molecule has 0 saturated heterocycles. The van der Waals surface area contributed by atoms with Gasteiger partial charge in [0.25, 0.3) is 5.91 Å². The Kier molecular flexibility index (Phi) is 4.17. The number of benzene rings is 1. The third-order valence-electron chi connectivity index (χ3n) is 4.85. The number of nitrogens with zero attached hydrogens (tertiary/aromatic N) is 3. The van der Waals surface area contributed by atoms with E-state index >= 15 is 0 Å². The Hall–Kier alpha value is -2.40. The smallest absolute Gasteiger partial charge is 0.274 e. The van der Waals surface area contributed by atoms with Gasteiger partial charge in [-0.3, -0.25) is 4.79 Å². The summed E-state index contributed by atoms with van der Waals surface area (Å²) in [5, 5.41) is 6.73. The number of aryl methyl sites for hydroxylation is 1. The van der Waals surface area contributed by atoms with Crippen LogP contribution in [0, 0.1) is 6.92 Å². The Morgan fingerprint density at radius 2 is 2.08 bits per heavy atom. The second-order valence-corrected chi connectivity index (χ2v) is 7.39. The fourth-order valence-corrected chi connectivity index (χ4v) is 4.56. The van der Waals surface area contributed by atoms with Crippen LogP contribution in [0.2, 0.25) is 0 Å². The number of para-hydroxylation sites is 1. The highest BCUT2D eigenvalue weighted by molar-refractivity contribution is 7.10. The van der Waals surface area contributed by atoms with Gasteiger partial charge in [0.1, 0.15) is 0 Å². The van der Waals surface area contributed by atoms with Gasteiger partial charge in [-0.05, 0) is 55.0 Å². The van der Waals surface area contributed by atoms with Crippen LogP contribution in [0.4, 0.5) is 0 Å². The number of carbonyl (C=O) groups is 1. The molecule has 1 aliphatic heterocycles. The first-order chi connectivity index (χ1) is 12.2. The summed E-state index contributed by atoms with van der Waals surface area (Å²) in [4.78, 5) is 16.6. The third kappa shape index (κ3) is 2.78. The molecule has 0 saturated carbocycles. The highest BCUT2D eigenvalue weighted by Gasteiger charge is 2.32. The van der Waals surface area contributed by atoms with Crippen LogP contribution in [-0.2, 0) is 6.42 Å². The van der Waals surface area contributed by atoms with Gasteiger partial charge < -0.3 is 4.90 Å². The first-order valence-corrected chi connectivity index (χ1v) is 9.56. The average Bonchev–Trinajstić information content (AvgIpc) is 3.27. The van der Waals surface area contributed by atoms with Crippen molar-refractivity contribution in [2.45, 2.75) is 32.7 Å². The number of hydrogen-bond donors (Lipinski definition) is 0. The number of aromatic nitrogens is 2. The van der Waals surface area contributed by atoms with Gasteiger partial charge in [0.05, 0.1) is 11.7 Å². The largest absolute Gasteiger partial charge is 0.330 e. The van der Waals surface area contributed by atoms with Crippen LogP contribution >= 0.6 is 11.3 Å². The summed E-state index contributed by atoms with van der Waals surface area (Å²) in [5.74, 6) is 0.0291. The highest BCUT2D eigenvalue weighted by atomic mass is 32.1. The molecule has 0 radical (unpaired) electrons. The van der Waals surface area contributed by atoms with Crippen LogP contribution < -0.4 is 0 Å². The van der Waals surface area contributed by atoms with Crippen molar-refractivity contribution in [2.24, 2.45) is 0 Å². The first kappa shape index (κ1) is 16.1. The minimum atomic E-state index is 0.0291. The molecule has 1 aromatic carbocycles. The average molecular weight is 351 g/mol. The molecular formula is C20H21N3OS. The minimum Gasteiger partial charge on any atom is -0.330 e. The molecule has 0 aliphatic carbocycles. The number of hydrogen-bond acceptors (Lipinski definition) is 3. The molecule has 1 amide bonds. The molecule has 0 N–H and O–H groups in total. The second kappa shape index (κ2) is 6.48. The molecule has 0 bridgehead atoms. The lowest BCUT2D eigenvalue weighted by atomic mass is 9.97. The lowest BCUT2D eigenvalue weighted by Crippen LogP contribution is -2.39. The molecule has 3 heterocycles. The van der Waals surface area contributed by atoms with E-state index in [-0.39, 0.29) is 11.9 Å². The van der Waals surface area contributed by atoms with Crippen LogP contribution in [-0.4, -0.2) is 27.1 Å². The maximum atomic E-state index is 13.2. The molecule has 0 fully saturated rings.